The van der Waals surface area contributed by atoms with Gasteiger partial charge in [0.25, 0.3) is 0 Å². The Bertz CT molecular complexity index is 464. The van der Waals surface area contributed by atoms with Gasteiger partial charge in [0.1, 0.15) is 5.60 Å². The van der Waals surface area contributed by atoms with Crippen molar-refractivity contribution in [2.75, 3.05) is 52.9 Å². The van der Waals surface area contributed by atoms with Crippen molar-refractivity contribution in [1.29, 1.82) is 0 Å². The quantitative estimate of drug-likeness (QED) is 0.777. The van der Waals surface area contributed by atoms with E-state index in [-0.39, 0.29) is 5.60 Å². The van der Waals surface area contributed by atoms with Gasteiger partial charge in [-0.05, 0) is 25.8 Å². The third kappa shape index (κ3) is 4.04. The minimum atomic E-state index is -0.0193. The van der Waals surface area contributed by atoms with Crippen LogP contribution >= 0.6 is 0 Å². The van der Waals surface area contributed by atoms with Gasteiger partial charge in [-0.15, -0.1) is 0 Å². The Hall–Kier alpha value is -0.650. The second-order valence-electron chi connectivity index (χ2n) is 8.98. The summed E-state index contributed by atoms with van der Waals surface area (Å²) in [4.78, 5) is 19.5. The van der Waals surface area contributed by atoms with E-state index < -0.39 is 0 Å². The highest BCUT2D eigenvalue weighted by molar-refractivity contribution is 5.77. The van der Waals surface area contributed by atoms with Gasteiger partial charge in [0, 0.05) is 38.6 Å². The van der Waals surface area contributed by atoms with Gasteiger partial charge in [-0.2, -0.15) is 0 Å². The summed E-state index contributed by atoms with van der Waals surface area (Å²) in [6, 6.07) is 0.563. The van der Waals surface area contributed by atoms with Crippen molar-refractivity contribution in [3.63, 3.8) is 0 Å². The molecule has 3 saturated heterocycles. The summed E-state index contributed by atoms with van der Waals surface area (Å²) < 4.78 is 6.19. The molecule has 25 heavy (non-hydrogen) atoms. The van der Waals surface area contributed by atoms with E-state index in [0.29, 0.717) is 11.9 Å². The van der Waals surface area contributed by atoms with Gasteiger partial charge in [0.15, 0.2) is 0 Å². The second-order valence-corrected chi connectivity index (χ2v) is 8.98. The van der Waals surface area contributed by atoms with Crippen LogP contribution in [0.3, 0.4) is 0 Å². The molecule has 1 atom stereocenters. The van der Waals surface area contributed by atoms with Crippen LogP contribution in [0.2, 0.25) is 0 Å². The summed E-state index contributed by atoms with van der Waals surface area (Å²) in [7, 11) is 2.20. The van der Waals surface area contributed by atoms with Crippen molar-refractivity contribution >= 4 is 5.91 Å². The van der Waals surface area contributed by atoms with Gasteiger partial charge in [-0.25, -0.2) is 0 Å². The molecule has 0 aromatic heterocycles. The van der Waals surface area contributed by atoms with Gasteiger partial charge in [-0.3, -0.25) is 9.69 Å². The number of ether oxygens (including phenoxy) is 1. The van der Waals surface area contributed by atoms with Crippen LogP contribution < -0.4 is 0 Å². The third-order valence-corrected chi connectivity index (χ3v) is 7.05. The average Bonchev–Trinajstić information content (AvgIpc) is 3.06. The maximum atomic E-state index is 12.5. The molecule has 3 aliphatic heterocycles. The molecule has 0 aromatic rings. The van der Waals surface area contributed by atoms with E-state index in [2.05, 4.69) is 21.7 Å². The van der Waals surface area contributed by atoms with Crippen LogP contribution in [0, 0.1) is 5.92 Å². The lowest BCUT2D eigenvalue weighted by Crippen LogP contribution is -2.63. The van der Waals surface area contributed by atoms with E-state index >= 15 is 0 Å². The molecule has 0 bridgehead atoms. The van der Waals surface area contributed by atoms with Gasteiger partial charge >= 0.3 is 0 Å². The molecule has 0 N–H and O–H groups in total. The molecule has 4 rings (SSSR count). The molecule has 142 valence electrons. The minimum absolute atomic E-state index is 0.0193. The molecule has 1 spiro atoms. The molecular weight excluding hydrogens is 314 g/mol. The van der Waals surface area contributed by atoms with Crippen molar-refractivity contribution in [3.8, 4) is 0 Å². The molecule has 1 unspecified atom stereocenters. The SMILES string of the molecule is CN1CCN(C2COC3(C2)CN(C(=O)CCC2CCCCC2)C3)CC1. The Labute approximate surface area is 152 Å². The van der Waals surface area contributed by atoms with Crippen LogP contribution in [0.1, 0.15) is 51.4 Å². The number of carbonyl (C=O) groups is 1. The zero-order valence-electron chi connectivity index (χ0n) is 15.9. The molecule has 0 radical (unpaired) electrons. The molecule has 5 heteroatoms. The standard InChI is InChI=1S/C20H35N3O2/c1-21-9-11-22(12-10-21)18-13-20(25-14-18)15-23(16-20)19(24)8-7-17-5-3-2-4-6-17/h17-18H,2-16H2,1H3. The smallest absolute Gasteiger partial charge is 0.222 e. The first-order valence-corrected chi connectivity index (χ1v) is 10.5. The maximum absolute atomic E-state index is 12.5. The number of piperazine rings is 1. The van der Waals surface area contributed by atoms with Gasteiger partial charge in [-0.1, -0.05) is 32.1 Å². The topological polar surface area (TPSA) is 36.0 Å². The summed E-state index contributed by atoms with van der Waals surface area (Å²) in [5, 5.41) is 0. The molecule has 4 fully saturated rings. The van der Waals surface area contributed by atoms with E-state index in [9.17, 15) is 4.79 Å². The van der Waals surface area contributed by atoms with Crippen molar-refractivity contribution in [2.45, 2.75) is 63.0 Å². The highest BCUT2D eigenvalue weighted by Gasteiger charge is 2.52. The summed E-state index contributed by atoms with van der Waals surface area (Å²) in [6.07, 6.45) is 9.78. The van der Waals surface area contributed by atoms with Crippen LogP contribution in [0.4, 0.5) is 0 Å². The van der Waals surface area contributed by atoms with E-state index in [1.165, 1.54) is 32.1 Å². The highest BCUT2D eigenvalue weighted by atomic mass is 16.5. The number of rotatable bonds is 4. The predicted molar refractivity (Wildman–Crippen MR) is 98.5 cm³/mol. The number of hydrogen-bond acceptors (Lipinski definition) is 4. The van der Waals surface area contributed by atoms with E-state index in [4.69, 9.17) is 4.74 Å². The van der Waals surface area contributed by atoms with Crippen molar-refractivity contribution in [1.82, 2.24) is 14.7 Å². The van der Waals surface area contributed by atoms with Gasteiger partial charge < -0.3 is 14.5 Å². The first kappa shape index (κ1) is 17.7. The number of amides is 1. The van der Waals surface area contributed by atoms with Crippen LogP contribution in [-0.4, -0.2) is 85.2 Å². The average molecular weight is 350 g/mol. The first-order chi connectivity index (χ1) is 12.1. The minimum Gasteiger partial charge on any atom is -0.370 e. The summed E-state index contributed by atoms with van der Waals surface area (Å²) >= 11 is 0. The summed E-state index contributed by atoms with van der Waals surface area (Å²) in [5.74, 6) is 1.17. The number of nitrogens with zero attached hydrogens (tertiary/aromatic N) is 3. The molecule has 5 nitrogen and oxygen atoms in total. The van der Waals surface area contributed by atoms with Crippen LogP contribution in [-0.2, 0) is 9.53 Å². The van der Waals surface area contributed by atoms with Crippen LogP contribution in [0.15, 0.2) is 0 Å². The van der Waals surface area contributed by atoms with Crippen molar-refractivity contribution in [2.24, 2.45) is 5.92 Å². The zero-order chi connectivity index (χ0) is 17.3. The fourth-order valence-corrected chi connectivity index (χ4v) is 5.25. The second kappa shape index (κ2) is 7.53. The Morgan fingerprint density at radius 2 is 1.80 bits per heavy atom. The maximum Gasteiger partial charge on any atom is 0.222 e. The fourth-order valence-electron chi connectivity index (χ4n) is 5.25. The fraction of sp³-hybridized carbons (Fsp3) is 0.950. The molecule has 0 aromatic carbocycles. The van der Waals surface area contributed by atoms with E-state index in [0.717, 1.165) is 71.1 Å². The van der Waals surface area contributed by atoms with Crippen LogP contribution in [0.25, 0.3) is 0 Å². The number of likely N-dealkylation sites (N-methyl/N-ethyl adjacent to an activating group) is 1. The molecule has 1 amide bonds. The number of likely N-dealkylation sites (tertiary alicyclic amines) is 1. The van der Waals surface area contributed by atoms with Crippen molar-refractivity contribution < 1.29 is 9.53 Å². The Morgan fingerprint density at radius 1 is 1.08 bits per heavy atom. The molecule has 1 aliphatic carbocycles. The summed E-state index contributed by atoms with van der Waals surface area (Å²) in [5.41, 5.74) is -0.0193. The Kier molecular flexibility index (Phi) is 5.35. The zero-order valence-corrected chi connectivity index (χ0v) is 15.9. The predicted octanol–water partition coefficient (Wildman–Crippen LogP) is 1.96. The Morgan fingerprint density at radius 3 is 2.52 bits per heavy atom. The van der Waals surface area contributed by atoms with E-state index in [1.54, 1.807) is 0 Å². The largest absolute Gasteiger partial charge is 0.370 e. The first-order valence-electron chi connectivity index (χ1n) is 10.5. The number of carbonyl (C=O) groups excluding carboxylic acids is 1. The van der Waals surface area contributed by atoms with Gasteiger partial charge in [0.05, 0.1) is 19.7 Å². The third-order valence-electron chi connectivity index (χ3n) is 7.05. The highest BCUT2D eigenvalue weighted by Crippen LogP contribution is 2.38. The lowest BCUT2D eigenvalue weighted by atomic mass is 9.85. The summed E-state index contributed by atoms with van der Waals surface area (Å²) in [6.45, 7) is 7.16. The van der Waals surface area contributed by atoms with Gasteiger partial charge in [0.2, 0.25) is 5.91 Å². The molecule has 1 saturated carbocycles. The monoisotopic (exact) mass is 349 g/mol. The Balaban J connectivity index is 1.18. The molecule has 3 heterocycles. The lowest BCUT2D eigenvalue weighted by Gasteiger charge is -2.47. The number of hydrogen-bond donors (Lipinski definition) is 0. The normalized spacial score (nSPS) is 31.4. The lowest BCUT2D eigenvalue weighted by molar-refractivity contribution is -0.158. The van der Waals surface area contributed by atoms with Crippen LogP contribution in [0.5, 0.6) is 0 Å². The van der Waals surface area contributed by atoms with E-state index in [1.807, 2.05) is 0 Å². The van der Waals surface area contributed by atoms with Crippen molar-refractivity contribution in [3.05, 3.63) is 0 Å². The molecule has 4 aliphatic rings. The molecular formula is C20H35N3O2.